The maximum atomic E-state index is 11.6. The van der Waals surface area contributed by atoms with E-state index in [2.05, 4.69) is 10.6 Å². The number of anilines is 2. The fourth-order valence-electron chi connectivity index (χ4n) is 1.63. The highest BCUT2D eigenvalue weighted by atomic mass is 35.5. The summed E-state index contributed by atoms with van der Waals surface area (Å²) in [6.07, 6.45) is 4.18. The number of rotatable bonds is 3. The van der Waals surface area contributed by atoms with Gasteiger partial charge in [-0.1, -0.05) is 17.2 Å². The number of hydrogen-bond acceptors (Lipinski definition) is 2. The van der Waals surface area contributed by atoms with E-state index in [9.17, 15) is 4.79 Å². The van der Waals surface area contributed by atoms with E-state index in [1.807, 2.05) is 6.92 Å². The van der Waals surface area contributed by atoms with Gasteiger partial charge in [0.15, 0.2) is 0 Å². The molecule has 0 aliphatic heterocycles. The molecule has 1 fully saturated rings. The predicted octanol–water partition coefficient (Wildman–Crippen LogP) is 3.36. The first-order valence-electron chi connectivity index (χ1n) is 5.85. The molecule has 1 aromatic rings. The van der Waals surface area contributed by atoms with Crippen LogP contribution in [0.3, 0.4) is 0 Å². The van der Waals surface area contributed by atoms with E-state index in [1.54, 1.807) is 24.4 Å². The minimum atomic E-state index is -0.304. The lowest BCUT2D eigenvalue weighted by Crippen LogP contribution is -2.24. The van der Waals surface area contributed by atoms with Gasteiger partial charge < -0.3 is 16.4 Å². The molecule has 0 unspecified atom stereocenters. The molecule has 18 heavy (non-hydrogen) atoms. The molecule has 96 valence electrons. The van der Waals surface area contributed by atoms with Crippen LogP contribution in [0.15, 0.2) is 30.0 Å². The van der Waals surface area contributed by atoms with Gasteiger partial charge in [0.05, 0.1) is 10.7 Å². The van der Waals surface area contributed by atoms with E-state index in [0.29, 0.717) is 22.3 Å². The Morgan fingerprint density at radius 3 is 2.83 bits per heavy atom. The molecule has 1 saturated carbocycles. The third-order valence-corrected chi connectivity index (χ3v) is 3.21. The summed E-state index contributed by atoms with van der Waals surface area (Å²) in [6.45, 7) is 2.02. The summed E-state index contributed by atoms with van der Waals surface area (Å²) in [5.74, 6) is 0.644. The van der Waals surface area contributed by atoms with Crippen LogP contribution in [0, 0.1) is 5.92 Å². The molecule has 5 heteroatoms. The molecule has 4 nitrogen and oxygen atoms in total. The molecule has 1 aliphatic rings. The summed E-state index contributed by atoms with van der Waals surface area (Å²) in [5, 5.41) is 5.79. The number of nitrogens with two attached hydrogens (primary N) is 1. The number of carbonyl (C=O) groups is 1. The quantitative estimate of drug-likeness (QED) is 0.734. The van der Waals surface area contributed by atoms with Gasteiger partial charge in [0.1, 0.15) is 0 Å². The minimum absolute atomic E-state index is 0.304. The molecule has 1 aromatic carbocycles. The molecule has 0 bridgehead atoms. The fraction of sp³-hybridized carbons (Fsp3) is 0.308. The normalized spacial score (nSPS) is 15.3. The second kappa shape index (κ2) is 5.31. The van der Waals surface area contributed by atoms with Gasteiger partial charge in [0, 0.05) is 11.9 Å². The molecule has 1 aliphatic carbocycles. The molecule has 4 N–H and O–H groups in total. The van der Waals surface area contributed by atoms with E-state index < -0.39 is 0 Å². The predicted molar refractivity (Wildman–Crippen MR) is 74.5 cm³/mol. The summed E-state index contributed by atoms with van der Waals surface area (Å²) < 4.78 is 0. The number of nitrogens with one attached hydrogen (secondary N) is 2. The van der Waals surface area contributed by atoms with Gasteiger partial charge in [0.2, 0.25) is 0 Å². The van der Waals surface area contributed by atoms with Gasteiger partial charge in [-0.3, -0.25) is 0 Å². The van der Waals surface area contributed by atoms with Crippen molar-refractivity contribution in [3.05, 3.63) is 35.0 Å². The SMILES string of the molecule is C/C(=C\NC(=O)Nc1ccc(N)cc1Cl)C1CC1. The maximum Gasteiger partial charge on any atom is 0.323 e. The van der Waals surface area contributed by atoms with Gasteiger partial charge in [-0.05, 0) is 43.9 Å². The van der Waals surface area contributed by atoms with Gasteiger partial charge in [0.25, 0.3) is 0 Å². The topological polar surface area (TPSA) is 67.2 Å². The van der Waals surface area contributed by atoms with Gasteiger partial charge in [-0.15, -0.1) is 0 Å². The third kappa shape index (κ3) is 3.40. The number of hydrogen-bond donors (Lipinski definition) is 3. The number of urea groups is 1. The Morgan fingerprint density at radius 1 is 1.50 bits per heavy atom. The first kappa shape index (κ1) is 12.8. The maximum absolute atomic E-state index is 11.6. The molecule has 0 radical (unpaired) electrons. The lowest BCUT2D eigenvalue weighted by atomic mass is 10.2. The van der Waals surface area contributed by atoms with Crippen LogP contribution in [0.25, 0.3) is 0 Å². The van der Waals surface area contributed by atoms with Crippen LogP contribution >= 0.6 is 11.6 Å². The zero-order chi connectivity index (χ0) is 13.1. The monoisotopic (exact) mass is 265 g/mol. The minimum Gasteiger partial charge on any atom is -0.399 e. The summed E-state index contributed by atoms with van der Waals surface area (Å²) in [6, 6.07) is 4.66. The zero-order valence-corrected chi connectivity index (χ0v) is 10.9. The third-order valence-electron chi connectivity index (χ3n) is 2.89. The Bertz CT molecular complexity index is 495. The van der Waals surface area contributed by atoms with Gasteiger partial charge in [-0.2, -0.15) is 0 Å². The number of benzene rings is 1. The Labute approximate surface area is 111 Å². The molecule has 0 spiro atoms. The average Bonchev–Trinajstić information content (AvgIpc) is 3.14. The Morgan fingerprint density at radius 2 is 2.22 bits per heavy atom. The van der Waals surface area contributed by atoms with Crippen molar-refractivity contribution < 1.29 is 4.79 Å². The van der Waals surface area contributed by atoms with E-state index in [-0.39, 0.29) is 6.03 Å². The number of carbonyl (C=O) groups excluding carboxylic acids is 1. The lowest BCUT2D eigenvalue weighted by Gasteiger charge is -2.08. The number of allylic oxidation sites excluding steroid dienone is 1. The summed E-state index contributed by atoms with van der Waals surface area (Å²) >= 11 is 5.96. The number of amides is 2. The number of nitrogen functional groups attached to an aromatic ring is 1. The Hall–Kier alpha value is -1.68. The highest BCUT2D eigenvalue weighted by Gasteiger charge is 2.22. The first-order chi connectivity index (χ1) is 8.56. The highest BCUT2D eigenvalue weighted by molar-refractivity contribution is 6.34. The van der Waals surface area contributed by atoms with Crippen molar-refractivity contribution >= 4 is 29.0 Å². The summed E-state index contributed by atoms with van der Waals surface area (Å²) in [4.78, 5) is 11.6. The molecule has 0 heterocycles. The van der Waals surface area contributed by atoms with Crippen LogP contribution in [-0.2, 0) is 0 Å². The van der Waals surface area contributed by atoms with Crippen molar-refractivity contribution in [3.63, 3.8) is 0 Å². The van der Waals surface area contributed by atoms with Crippen LogP contribution in [0.2, 0.25) is 5.02 Å². The van der Waals surface area contributed by atoms with E-state index in [1.165, 1.54) is 18.4 Å². The molecular formula is C13H16ClN3O. The lowest BCUT2D eigenvalue weighted by molar-refractivity contribution is 0.255. The van der Waals surface area contributed by atoms with Crippen LogP contribution in [0.1, 0.15) is 19.8 Å². The highest BCUT2D eigenvalue weighted by Crippen LogP contribution is 2.35. The van der Waals surface area contributed by atoms with Crippen LogP contribution in [0.5, 0.6) is 0 Å². The van der Waals surface area contributed by atoms with Crippen LogP contribution in [-0.4, -0.2) is 6.03 Å². The largest absolute Gasteiger partial charge is 0.399 e. The number of halogens is 1. The Balaban J connectivity index is 1.92. The van der Waals surface area contributed by atoms with E-state index >= 15 is 0 Å². The van der Waals surface area contributed by atoms with E-state index in [4.69, 9.17) is 17.3 Å². The standard InChI is InChI=1S/C13H16ClN3O/c1-8(9-2-3-9)7-16-13(18)17-12-5-4-10(15)6-11(12)14/h4-7,9H,2-3,15H2,1H3,(H2,16,17,18)/b8-7+. The molecule has 0 saturated heterocycles. The van der Waals surface area contributed by atoms with Crippen LogP contribution in [0.4, 0.5) is 16.2 Å². The van der Waals surface area contributed by atoms with Crippen LogP contribution < -0.4 is 16.4 Å². The average molecular weight is 266 g/mol. The first-order valence-corrected chi connectivity index (χ1v) is 6.23. The molecule has 2 amide bonds. The summed E-state index contributed by atoms with van der Waals surface area (Å²) in [5.41, 5.74) is 7.88. The molecular weight excluding hydrogens is 250 g/mol. The second-order valence-corrected chi connectivity index (χ2v) is 4.91. The van der Waals surface area contributed by atoms with Gasteiger partial charge in [-0.25, -0.2) is 4.79 Å². The zero-order valence-electron chi connectivity index (χ0n) is 10.2. The second-order valence-electron chi connectivity index (χ2n) is 4.50. The van der Waals surface area contributed by atoms with Crippen molar-refractivity contribution in [2.75, 3.05) is 11.1 Å². The van der Waals surface area contributed by atoms with E-state index in [0.717, 1.165) is 0 Å². The fourth-order valence-corrected chi connectivity index (χ4v) is 1.86. The van der Waals surface area contributed by atoms with Gasteiger partial charge >= 0.3 is 6.03 Å². The van der Waals surface area contributed by atoms with Crippen molar-refractivity contribution in [1.82, 2.24) is 5.32 Å². The molecule has 0 aromatic heterocycles. The van der Waals surface area contributed by atoms with Crippen molar-refractivity contribution in [2.45, 2.75) is 19.8 Å². The molecule has 0 atom stereocenters. The van der Waals surface area contributed by atoms with Crippen molar-refractivity contribution in [1.29, 1.82) is 0 Å². The molecule has 2 rings (SSSR count). The van der Waals surface area contributed by atoms with Crippen molar-refractivity contribution in [2.24, 2.45) is 5.92 Å². The summed E-state index contributed by atoms with van der Waals surface area (Å²) in [7, 11) is 0. The van der Waals surface area contributed by atoms with Crippen molar-refractivity contribution in [3.8, 4) is 0 Å². The smallest absolute Gasteiger partial charge is 0.323 e. The Kier molecular flexibility index (Phi) is 3.77.